The molecule has 0 amide bonds. The molecule has 0 spiro atoms. The van der Waals surface area contributed by atoms with Crippen LogP contribution in [0.5, 0.6) is 0 Å². The Hall–Kier alpha value is -1.96. The van der Waals surface area contributed by atoms with E-state index in [0.717, 1.165) is 32.6 Å². The first-order valence-electron chi connectivity index (χ1n) is 11.0. The molecule has 1 aliphatic rings. The van der Waals surface area contributed by atoms with Gasteiger partial charge in [-0.1, -0.05) is 39.8 Å². The third-order valence-electron chi connectivity index (χ3n) is 5.56. The Morgan fingerprint density at radius 2 is 0.963 bits per heavy atom. The van der Waals surface area contributed by atoms with Crippen molar-refractivity contribution in [3.8, 4) is 11.1 Å². The van der Waals surface area contributed by atoms with E-state index >= 15 is 0 Å². The highest BCUT2D eigenvalue weighted by atomic mass is 15.1. The van der Waals surface area contributed by atoms with E-state index in [0.29, 0.717) is 0 Å². The molecule has 2 nitrogen and oxygen atoms in total. The van der Waals surface area contributed by atoms with Crippen molar-refractivity contribution in [2.75, 3.05) is 36.0 Å². The standard InChI is InChI=1S/C25H36N2/c1-5-13-26(14-6-2)22-11-9-20-17-21-10-12-23(19-25(21)24(20)18-22)27(15-7-3)16-8-4/h9-12,18-19H,5-8,13-17H2,1-4H3. The first-order valence-corrected chi connectivity index (χ1v) is 11.0. The Morgan fingerprint density at radius 3 is 1.30 bits per heavy atom. The number of rotatable bonds is 10. The molecule has 0 N–H and O–H groups in total. The normalized spacial score (nSPS) is 12.0. The predicted molar refractivity (Wildman–Crippen MR) is 120 cm³/mol. The molecule has 0 saturated carbocycles. The number of nitrogens with zero attached hydrogens (tertiary/aromatic N) is 2. The molecule has 0 heterocycles. The minimum absolute atomic E-state index is 1.08. The van der Waals surface area contributed by atoms with Crippen molar-refractivity contribution in [1.29, 1.82) is 0 Å². The molecule has 2 heteroatoms. The van der Waals surface area contributed by atoms with Crippen molar-refractivity contribution in [2.45, 2.75) is 59.8 Å². The first kappa shape index (κ1) is 19.8. The molecular formula is C25H36N2. The first-order chi connectivity index (χ1) is 13.2. The van der Waals surface area contributed by atoms with Crippen molar-refractivity contribution < 1.29 is 0 Å². The summed E-state index contributed by atoms with van der Waals surface area (Å²) < 4.78 is 0. The number of anilines is 2. The molecule has 0 bridgehead atoms. The Bertz CT molecular complexity index is 674. The van der Waals surface area contributed by atoms with E-state index in [2.05, 4.69) is 73.9 Å². The van der Waals surface area contributed by atoms with E-state index < -0.39 is 0 Å². The SMILES string of the molecule is CCCN(CCC)c1ccc2c(c1)-c1cc(N(CCC)CCC)ccc1C2. The molecule has 0 radical (unpaired) electrons. The van der Waals surface area contributed by atoms with Gasteiger partial charge in [-0.05, 0) is 78.6 Å². The van der Waals surface area contributed by atoms with Gasteiger partial charge < -0.3 is 9.80 Å². The molecule has 2 aromatic rings. The van der Waals surface area contributed by atoms with Gasteiger partial charge in [0.2, 0.25) is 0 Å². The van der Waals surface area contributed by atoms with Crippen LogP contribution < -0.4 is 9.80 Å². The molecule has 0 fully saturated rings. The molecule has 0 unspecified atom stereocenters. The molecule has 0 aliphatic heterocycles. The third kappa shape index (κ3) is 4.31. The van der Waals surface area contributed by atoms with E-state index in [1.54, 1.807) is 0 Å². The average Bonchev–Trinajstić information content (AvgIpc) is 3.04. The largest absolute Gasteiger partial charge is 0.372 e. The van der Waals surface area contributed by atoms with Gasteiger partial charge in [0.15, 0.2) is 0 Å². The Kier molecular flexibility index (Phi) is 6.82. The van der Waals surface area contributed by atoms with Crippen molar-refractivity contribution in [3.63, 3.8) is 0 Å². The highest BCUT2D eigenvalue weighted by Crippen LogP contribution is 2.40. The molecule has 2 aromatic carbocycles. The summed E-state index contributed by atoms with van der Waals surface area (Å²) in [6.07, 6.45) is 5.86. The second-order valence-corrected chi connectivity index (χ2v) is 7.83. The lowest BCUT2D eigenvalue weighted by atomic mass is 10.0. The Labute approximate surface area is 166 Å². The molecule has 3 rings (SSSR count). The highest BCUT2D eigenvalue weighted by Gasteiger charge is 2.21. The van der Waals surface area contributed by atoms with E-state index in [-0.39, 0.29) is 0 Å². The van der Waals surface area contributed by atoms with Crippen LogP contribution in [0, 0.1) is 0 Å². The van der Waals surface area contributed by atoms with Gasteiger partial charge in [0, 0.05) is 37.6 Å². The van der Waals surface area contributed by atoms with E-state index in [9.17, 15) is 0 Å². The third-order valence-corrected chi connectivity index (χ3v) is 5.56. The van der Waals surface area contributed by atoms with Gasteiger partial charge >= 0.3 is 0 Å². The highest BCUT2D eigenvalue weighted by molar-refractivity contribution is 5.82. The van der Waals surface area contributed by atoms with Crippen LogP contribution in [0.4, 0.5) is 11.4 Å². The van der Waals surface area contributed by atoms with Gasteiger partial charge in [0.25, 0.3) is 0 Å². The lowest BCUT2D eigenvalue weighted by Gasteiger charge is -2.25. The van der Waals surface area contributed by atoms with Crippen LogP contribution in [0.15, 0.2) is 36.4 Å². The maximum atomic E-state index is 2.54. The van der Waals surface area contributed by atoms with E-state index in [4.69, 9.17) is 0 Å². The summed E-state index contributed by atoms with van der Waals surface area (Å²) in [6, 6.07) is 14.3. The van der Waals surface area contributed by atoms with Crippen LogP contribution in [0.3, 0.4) is 0 Å². The van der Waals surface area contributed by atoms with Gasteiger partial charge in [-0.2, -0.15) is 0 Å². The number of benzene rings is 2. The maximum absolute atomic E-state index is 2.54. The van der Waals surface area contributed by atoms with Gasteiger partial charge in [-0.25, -0.2) is 0 Å². The van der Waals surface area contributed by atoms with Crippen molar-refractivity contribution in [3.05, 3.63) is 47.5 Å². The summed E-state index contributed by atoms with van der Waals surface area (Å²) in [5.41, 5.74) is 8.64. The van der Waals surface area contributed by atoms with Gasteiger partial charge in [-0.3, -0.25) is 0 Å². The Morgan fingerprint density at radius 1 is 0.593 bits per heavy atom. The fourth-order valence-corrected chi connectivity index (χ4v) is 4.36. The molecule has 0 saturated heterocycles. The molecule has 0 atom stereocenters. The maximum Gasteiger partial charge on any atom is 0.0372 e. The fourth-order valence-electron chi connectivity index (χ4n) is 4.36. The van der Waals surface area contributed by atoms with Gasteiger partial charge in [0.05, 0.1) is 0 Å². The summed E-state index contributed by atoms with van der Waals surface area (Å²) in [4.78, 5) is 5.09. The van der Waals surface area contributed by atoms with Crippen molar-refractivity contribution >= 4 is 11.4 Å². The van der Waals surface area contributed by atoms with Crippen LogP contribution in [0.25, 0.3) is 11.1 Å². The predicted octanol–water partition coefficient (Wildman–Crippen LogP) is 6.51. The fraction of sp³-hybridized carbons (Fsp3) is 0.520. The monoisotopic (exact) mass is 364 g/mol. The number of hydrogen-bond acceptors (Lipinski definition) is 2. The second-order valence-electron chi connectivity index (χ2n) is 7.83. The van der Waals surface area contributed by atoms with Crippen LogP contribution >= 0.6 is 0 Å². The zero-order valence-electron chi connectivity index (χ0n) is 17.7. The van der Waals surface area contributed by atoms with Crippen molar-refractivity contribution in [2.24, 2.45) is 0 Å². The molecule has 1 aliphatic carbocycles. The summed E-state index contributed by atoms with van der Waals surface area (Å²) in [7, 11) is 0. The topological polar surface area (TPSA) is 6.48 Å². The lowest BCUT2D eigenvalue weighted by Crippen LogP contribution is -2.25. The molecule has 0 aromatic heterocycles. The van der Waals surface area contributed by atoms with Crippen LogP contribution in [-0.2, 0) is 6.42 Å². The summed E-state index contributed by atoms with van der Waals surface area (Å²) in [5.74, 6) is 0. The summed E-state index contributed by atoms with van der Waals surface area (Å²) in [6.45, 7) is 13.6. The lowest BCUT2D eigenvalue weighted by molar-refractivity contribution is 0.744. The van der Waals surface area contributed by atoms with Crippen LogP contribution in [0.2, 0.25) is 0 Å². The number of fused-ring (bicyclic) bond motifs is 3. The summed E-state index contributed by atoms with van der Waals surface area (Å²) >= 11 is 0. The van der Waals surface area contributed by atoms with E-state index in [1.165, 1.54) is 59.3 Å². The smallest absolute Gasteiger partial charge is 0.0372 e. The van der Waals surface area contributed by atoms with Crippen LogP contribution in [0.1, 0.15) is 64.5 Å². The molecular weight excluding hydrogens is 328 g/mol. The van der Waals surface area contributed by atoms with Crippen molar-refractivity contribution in [1.82, 2.24) is 0 Å². The molecule has 146 valence electrons. The zero-order valence-corrected chi connectivity index (χ0v) is 17.7. The Balaban J connectivity index is 1.95. The second kappa shape index (κ2) is 9.30. The number of hydrogen-bond donors (Lipinski definition) is 0. The zero-order chi connectivity index (χ0) is 19.2. The van der Waals surface area contributed by atoms with E-state index in [1.807, 2.05) is 0 Å². The minimum Gasteiger partial charge on any atom is -0.372 e. The molecule has 27 heavy (non-hydrogen) atoms. The van der Waals surface area contributed by atoms with Gasteiger partial charge in [-0.15, -0.1) is 0 Å². The van der Waals surface area contributed by atoms with Gasteiger partial charge in [0.1, 0.15) is 0 Å². The minimum atomic E-state index is 1.08. The average molecular weight is 365 g/mol. The van der Waals surface area contributed by atoms with Crippen LogP contribution in [-0.4, -0.2) is 26.2 Å². The summed E-state index contributed by atoms with van der Waals surface area (Å²) in [5, 5.41) is 0. The quantitative estimate of drug-likeness (QED) is 0.404.